The van der Waals surface area contributed by atoms with Gasteiger partial charge in [0.15, 0.2) is 9.84 Å². The maximum atomic E-state index is 12.1. The van der Waals surface area contributed by atoms with Gasteiger partial charge in [-0.2, -0.15) is 0 Å². The van der Waals surface area contributed by atoms with Crippen LogP contribution in [0.25, 0.3) is 11.1 Å². The molecule has 2 aromatic carbocycles. The molecule has 0 fully saturated rings. The lowest BCUT2D eigenvalue weighted by Gasteiger charge is -2.09. The van der Waals surface area contributed by atoms with Crippen molar-refractivity contribution in [2.45, 2.75) is 18.1 Å². The zero-order chi connectivity index (χ0) is 17.5. The number of esters is 1. The van der Waals surface area contributed by atoms with Crippen molar-refractivity contribution in [3.8, 4) is 0 Å². The first kappa shape index (κ1) is 16.4. The summed E-state index contributed by atoms with van der Waals surface area (Å²) in [5.41, 5.74) is 2.85. The topological polar surface area (TPSA) is 80.7 Å². The van der Waals surface area contributed by atoms with Crippen LogP contribution in [0.15, 0.2) is 53.4 Å². The molecule has 1 heterocycles. The number of sulfone groups is 1. The third-order valence-corrected chi connectivity index (χ3v) is 5.00. The molecule has 1 N–H and O–H groups in total. The summed E-state index contributed by atoms with van der Waals surface area (Å²) >= 11 is 0. The van der Waals surface area contributed by atoms with Gasteiger partial charge in [0.05, 0.1) is 10.5 Å². The van der Waals surface area contributed by atoms with Gasteiger partial charge in [-0.3, -0.25) is 0 Å². The number of benzene rings is 2. The van der Waals surface area contributed by atoms with Gasteiger partial charge in [0.2, 0.25) is 6.29 Å². The van der Waals surface area contributed by atoms with E-state index in [1.165, 1.54) is 12.1 Å². The van der Waals surface area contributed by atoms with E-state index < -0.39 is 22.1 Å². The SMILES string of the molecule is Cc1ccc(C2=C(c3ccc(S(C)(=O)=O)cc3)C(O)OC2=O)cc1. The molecular weight excluding hydrogens is 328 g/mol. The Morgan fingerprint density at radius 1 is 0.958 bits per heavy atom. The molecule has 5 nitrogen and oxygen atoms in total. The van der Waals surface area contributed by atoms with E-state index in [4.69, 9.17) is 4.74 Å². The largest absolute Gasteiger partial charge is 0.428 e. The first-order chi connectivity index (χ1) is 11.3. The van der Waals surface area contributed by atoms with Crippen LogP contribution in [0.2, 0.25) is 0 Å². The second-order valence-corrected chi connectivity index (χ2v) is 7.72. The highest BCUT2D eigenvalue weighted by Gasteiger charge is 2.34. The Balaban J connectivity index is 2.14. The number of hydrogen-bond acceptors (Lipinski definition) is 5. The van der Waals surface area contributed by atoms with Gasteiger partial charge in [-0.15, -0.1) is 0 Å². The Labute approximate surface area is 140 Å². The number of aliphatic hydroxyl groups excluding tert-OH is 1. The number of rotatable bonds is 3. The van der Waals surface area contributed by atoms with Crippen molar-refractivity contribution in [2.24, 2.45) is 0 Å². The third kappa shape index (κ3) is 2.98. The summed E-state index contributed by atoms with van der Waals surface area (Å²) in [6, 6.07) is 13.3. The normalized spacial score (nSPS) is 18.0. The molecule has 0 saturated carbocycles. The van der Waals surface area contributed by atoms with Gasteiger partial charge in [0, 0.05) is 11.8 Å². The molecule has 0 radical (unpaired) electrons. The number of aliphatic hydroxyl groups is 1. The van der Waals surface area contributed by atoms with Crippen molar-refractivity contribution in [3.05, 3.63) is 65.2 Å². The summed E-state index contributed by atoms with van der Waals surface area (Å²) < 4.78 is 28.1. The number of hydrogen-bond donors (Lipinski definition) is 1. The predicted molar refractivity (Wildman–Crippen MR) is 89.6 cm³/mol. The Hall–Kier alpha value is -2.44. The fourth-order valence-electron chi connectivity index (χ4n) is 2.61. The molecule has 1 aliphatic heterocycles. The van der Waals surface area contributed by atoms with Crippen molar-refractivity contribution < 1.29 is 23.1 Å². The minimum atomic E-state index is -3.31. The third-order valence-electron chi connectivity index (χ3n) is 3.87. The van der Waals surface area contributed by atoms with Crippen LogP contribution in [0.3, 0.4) is 0 Å². The lowest BCUT2D eigenvalue weighted by atomic mass is 9.95. The number of carbonyl (C=O) groups is 1. The zero-order valence-electron chi connectivity index (χ0n) is 13.2. The molecule has 0 aliphatic carbocycles. The Morgan fingerprint density at radius 3 is 2.04 bits per heavy atom. The average Bonchev–Trinajstić information content (AvgIpc) is 2.82. The van der Waals surface area contributed by atoms with Crippen LogP contribution in [-0.2, 0) is 19.4 Å². The summed E-state index contributed by atoms with van der Waals surface area (Å²) in [5, 5.41) is 10.1. The van der Waals surface area contributed by atoms with Gasteiger partial charge < -0.3 is 9.84 Å². The Bertz CT molecular complexity index is 922. The highest BCUT2D eigenvalue weighted by molar-refractivity contribution is 7.90. The van der Waals surface area contributed by atoms with E-state index in [-0.39, 0.29) is 10.5 Å². The van der Waals surface area contributed by atoms with E-state index >= 15 is 0 Å². The van der Waals surface area contributed by atoms with Gasteiger partial charge in [-0.1, -0.05) is 42.0 Å². The van der Waals surface area contributed by atoms with Crippen LogP contribution < -0.4 is 0 Å². The maximum absolute atomic E-state index is 12.1. The molecule has 6 heteroatoms. The van der Waals surface area contributed by atoms with Crippen LogP contribution in [0.5, 0.6) is 0 Å². The monoisotopic (exact) mass is 344 g/mol. The summed E-state index contributed by atoms with van der Waals surface area (Å²) in [7, 11) is -3.31. The van der Waals surface area contributed by atoms with Crippen molar-refractivity contribution in [1.82, 2.24) is 0 Å². The van der Waals surface area contributed by atoms with E-state index in [1.54, 1.807) is 24.3 Å². The van der Waals surface area contributed by atoms with Crippen molar-refractivity contribution in [2.75, 3.05) is 6.26 Å². The predicted octanol–water partition coefficient (Wildman–Crippen LogP) is 2.18. The number of ether oxygens (including phenoxy) is 1. The Kier molecular flexibility index (Phi) is 4.03. The van der Waals surface area contributed by atoms with Crippen molar-refractivity contribution in [1.29, 1.82) is 0 Å². The lowest BCUT2D eigenvalue weighted by Crippen LogP contribution is -2.09. The van der Waals surface area contributed by atoms with Crippen LogP contribution in [0, 0.1) is 6.92 Å². The maximum Gasteiger partial charge on any atom is 0.341 e. The second-order valence-electron chi connectivity index (χ2n) is 5.71. The van der Waals surface area contributed by atoms with Crippen LogP contribution in [0.1, 0.15) is 16.7 Å². The van der Waals surface area contributed by atoms with E-state index in [1.807, 2.05) is 19.1 Å². The standard InChI is InChI=1S/C18H16O5S/c1-11-3-5-12(6-4-11)15-16(18(20)23-17(15)19)13-7-9-14(10-8-13)24(2,21)22/h3-10,18,20H,1-2H3. The first-order valence-corrected chi connectivity index (χ1v) is 9.17. The summed E-state index contributed by atoms with van der Waals surface area (Å²) in [4.78, 5) is 12.3. The van der Waals surface area contributed by atoms with Gasteiger partial charge >= 0.3 is 5.97 Å². The van der Waals surface area contributed by atoms with Crippen LogP contribution in [0.4, 0.5) is 0 Å². The Morgan fingerprint density at radius 2 is 1.50 bits per heavy atom. The van der Waals surface area contributed by atoms with Gasteiger partial charge in [-0.25, -0.2) is 13.2 Å². The molecule has 0 saturated heterocycles. The van der Waals surface area contributed by atoms with E-state index in [9.17, 15) is 18.3 Å². The molecule has 1 aliphatic rings. The summed E-state index contributed by atoms with van der Waals surface area (Å²) in [5.74, 6) is -0.603. The zero-order valence-corrected chi connectivity index (χ0v) is 14.0. The molecule has 3 rings (SSSR count). The van der Waals surface area contributed by atoms with Gasteiger partial charge in [0.1, 0.15) is 0 Å². The lowest BCUT2D eigenvalue weighted by molar-refractivity contribution is -0.148. The molecule has 1 unspecified atom stereocenters. The smallest absolute Gasteiger partial charge is 0.341 e. The van der Waals surface area contributed by atoms with E-state index in [0.717, 1.165) is 11.8 Å². The average molecular weight is 344 g/mol. The number of aryl methyl sites for hydroxylation is 1. The number of cyclic esters (lactones) is 1. The van der Waals surface area contributed by atoms with Crippen LogP contribution >= 0.6 is 0 Å². The van der Waals surface area contributed by atoms with Gasteiger partial charge in [0.25, 0.3) is 0 Å². The van der Waals surface area contributed by atoms with Gasteiger partial charge in [-0.05, 0) is 30.2 Å². The highest BCUT2D eigenvalue weighted by atomic mass is 32.2. The molecule has 2 aromatic rings. The fraction of sp³-hybridized carbons (Fsp3) is 0.167. The minimum absolute atomic E-state index is 0.170. The highest BCUT2D eigenvalue weighted by Crippen LogP contribution is 2.36. The first-order valence-electron chi connectivity index (χ1n) is 7.28. The van der Waals surface area contributed by atoms with Crippen molar-refractivity contribution >= 4 is 27.0 Å². The minimum Gasteiger partial charge on any atom is -0.428 e. The second kappa shape index (κ2) is 5.89. The summed E-state index contributed by atoms with van der Waals surface area (Å²) in [6.07, 6.45) is -0.256. The fourth-order valence-corrected chi connectivity index (χ4v) is 3.25. The van der Waals surface area contributed by atoms with Crippen molar-refractivity contribution in [3.63, 3.8) is 0 Å². The van der Waals surface area contributed by atoms with Crippen LogP contribution in [-0.4, -0.2) is 32.0 Å². The molecular formula is C18H16O5S. The molecule has 0 bridgehead atoms. The number of carbonyl (C=O) groups excluding carboxylic acids is 1. The molecule has 1 atom stereocenters. The molecule has 24 heavy (non-hydrogen) atoms. The molecule has 124 valence electrons. The van der Waals surface area contributed by atoms with E-state index in [0.29, 0.717) is 16.7 Å². The molecule has 0 amide bonds. The molecule has 0 spiro atoms. The van der Waals surface area contributed by atoms with E-state index in [2.05, 4.69) is 0 Å². The summed E-state index contributed by atoms with van der Waals surface area (Å²) in [6.45, 7) is 1.94. The quantitative estimate of drug-likeness (QED) is 0.863. The molecule has 0 aromatic heterocycles.